The number of aldehydes is 1. The van der Waals surface area contributed by atoms with E-state index in [1.807, 2.05) is 27.7 Å². The summed E-state index contributed by atoms with van der Waals surface area (Å²) in [5.41, 5.74) is 0.849. The molecule has 2 rings (SSSR count). The number of hydrogen-bond acceptors (Lipinski definition) is 4. The second-order valence-corrected chi connectivity index (χ2v) is 7.54. The van der Waals surface area contributed by atoms with Crippen LogP contribution in [-0.2, 0) is 14.1 Å². The monoisotopic (exact) mass is 363 g/mol. The van der Waals surface area contributed by atoms with E-state index in [-0.39, 0.29) is 12.5 Å². The van der Waals surface area contributed by atoms with Crippen LogP contribution in [0.5, 0.6) is 0 Å². The number of halogens is 1. The van der Waals surface area contributed by atoms with Gasteiger partial charge in [-0.2, -0.15) is 0 Å². The number of rotatable bonds is 5. The van der Waals surface area contributed by atoms with Gasteiger partial charge in [0.1, 0.15) is 0 Å². The lowest BCUT2D eigenvalue weighted by Crippen LogP contribution is -2.41. The molecule has 0 saturated carbocycles. The van der Waals surface area contributed by atoms with E-state index >= 15 is 0 Å². The molecule has 0 atom stereocenters. The van der Waals surface area contributed by atoms with Gasteiger partial charge in [0.2, 0.25) is 5.91 Å². The average molecular weight is 364 g/mol. The molecule has 0 aliphatic carbocycles. The highest BCUT2D eigenvalue weighted by Crippen LogP contribution is 2.38. The Morgan fingerprint density at radius 1 is 1.20 bits per heavy atom. The van der Waals surface area contributed by atoms with E-state index in [2.05, 4.69) is 5.32 Å². The molecule has 0 radical (unpaired) electrons. The van der Waals surface area contributed by atoms with Gasteiger partial charge in [-0.15, -0.1) is 0 Å². The fourth-order valence-electron chi connectivity index (χ4n) is 2.40. The summed E-state index contributed by atoms with van der Waals surface area (Å²) in [6.07, 6.45) is 2.55. The Kier molecular flexibility index (Phi) is 5.77. The van der Waals surface area contributed by atoms with Crippen molar-refractivity contribution in [2.75, 3.05) is 6.54 Å². The van der Waals surface area contributed by atoms with Gasteiger partial charge < -0.3 is 14.6 Å². The molecule has 1 aromatic carbocycles. The van der Waals surface area contributed by atoms with Gasteiger partial charge in [-0.05, 0) is 56.9 Å². The van der Waals surface area contributed by atoms with Crippen LogP contribution in [0.3, 0.4) is 0 Å². The van der Waals surface area contributed by atoms with Gasteiger partial charge in [-0.1, -0.05) is 17.7 Å². The maximum Gasteiger partial charge on any atom is 0.492 e. The van der Waals surface area contributed by atoms with Crippen LogP contribution in [0.15, 0.2) is 23.7 Å². The summed E-state index contributed by atoms with van der Waals surface area (Å²) in [6.45, 7) is 9.52. The SMILES string of the molecule is CC(=O)NCC(=Cc1cc(Cl)ccc1C=O)B1OC(C)(C)C(C)(C)O1. The fraction of sp³-hybridized carbons (Fsp3) is 0.444. The van der Waals surface area contributed by atoms with Crippen molar-refractivity contribution in [3.8, 4) is 0 Å². The molecule has 5 nitrogen and oxygen atoms in total. The highest BCUT2D eigenvalue weighted by Gasteiger charge is 2.52. The first-order valence-electron chi connectivity index (χ1n) is 8.11. The Morgan fingerprint density at radius 3 is 2.32 bits per heavy atom. The van der Waals surface area contributed by atoms with Crippen LogP contribution in [0.4, 0.5) is 0 Å². The van der Waals surface area contributed by atoms with E-state index in [0.29, 0.717) is 21.6 Å². The van der Waals surface area contributed by atoms with Crippen LogP contribution >= 0.6 is 11.6 Å². The van der Waals surface area contributed by atoms with Crippen molar-refractivity contribution in [1.29, 1.82) is 0 Å². The quantitative estimate of drug-likeness (QED) is 0.644. The summed E-state index contributed by atoms with van der Waals surface area (Å²) in [6, 6.07) is 5.01. The number of amides is 1. The van der Waals surface area contributed by atoms with Crippen molar-refractivity contribution in [1.82, 2.24) is 5.32 Å². The lowest BCUT2D eigenvalue weighted by atomic mass is 9.76. The Balaban J connectivity index is 2.42. The van der Waals surface area contributed by atoms with Gasteiger partial charge in [0, 0.05) is 24.1 Å². The molecular formula is C18H23BClNO4. The third-order valence-corrected chi connectivity index (χ3v) is 4.85. The molecule has 25 heavy (non-hydrogen) atoms. The highest BCUT2D eigenvalue weighted by molar-refractivity contribution is 6.56. The van der Waals surface area contributed by atoms with Crippen molar-refractivity contribution in [3.63, 3.8) is 0 Å². The number of carbonyl (C=O) groups is 2. The minimum Gasteiger partial charge on any atom is -0.400 e. The average Bonchev–Trinajstić information content (AvgIpc) is 2.71. The molecule has 1 N–H and O–H groups in total. The molecule has 7 heteroatoms. The van der Waals surface area contributed by atoms with E-state index in [9.17, 15) is 9.59 Å². The molecule has 1 saturated heterocycles. The smallest absolute Gasteiger partial charge is 0.400 e. The van der Waals surface area contributed by atoms with Gasteiger partial charge in [0.15, 0.2) is 6.29 Å². The molecule has 0 bridgehead atoms. The van der Waals surface area contributed by atoms with Crippen LogP contribution < -0.4 is 5.32 Å². The topological polar surface area (TPSA) is 64.6 Å². The standard InChI is InChI=1S/C18H23BClNO4/c1-12(23)21-10-15(19-24-17(2,3)18(4,5)25-19)8-14-9-16(20)7-6-13(14)11-22/h6-9,11H,10H2,1-5H3,(H,21,23). The lowest BCUT2D eigenvalue weighted by molar-refractivity contribution is -0.118. The van der Waals surface area contributed by atoms with Crippen molar-refractivity contribution in [3.05, 3.63) is 39.8 Å². The summed E-state index contributed by atoms with van der Waals surface area (Å²) in [4.78, 5) is 22.7. The first-order chi connectivity index (χ1) is 11.6. The minimum atomic E-state index is -0.629. The van der Waals surface area contributed by atoms with Gasteiger partial charge in [-0.25, -0.2) is 0 Å². The fourth-order valence-corrected chi connectivity index (χ4v) is 2.58. The normalized spacial score (nSPS) is 19.0. The Labute approximate surface area is 153 Å². The van der Waals surface area contributed by atoms with Crippen LogP contribution in [0, 0.1) is 0 Å². The zero-order chi connectivity index (χ0) is 18.8. The molecule has 0 unspecified atom stereocenters. The van der Waals surface area contributed by atoms with E-state index in [1.54, 1.807) is 24.3 Å². The third kappa shape index (κ3) is 4.51. The zero-order valence-electron chi connectivity index (χ0n) is 15.2. The molecule has 1 amide bonds. The second-order valence-electron chi connectivity index (χ2n) is 7.11. The Bertz CT molecular complexity index is 699. The van der Waals surface area contributed by atoms with Crippen molar-refractivity contribution >= 4 is 37.0 Å². The summed E-state index contributed by atoms with van der Waals surface area (Å²) < 4.78 is 12.1. The number of carbonyl (C=O) groups excluding carboxylic acids is 2. The summed E-state index contributed by atoms with van der Waals surface area (Å²) in [5.74, 6) is -0.163. The Morgan fingerprint density at radius 2 is 1.80 bits per heavy atom. The second kappa shape index (κ2) is 7.32. The van der Waals surface area contributed by atoms with E-state index < -0.39 is 18.3 Å². The van der Waals surface area contributed by atoms with Crippen molar-refractivity contribution < 1.29 is 18.9 Å². The van der Waals surface area contributed by atoms with Gasteiger partial charge in [0.05, 0.1) is 11.2 Å². The van der Waals surface area contributed by atoms with E-state index in [0.717, 1.165) is 6.29 Å². The molecule has 0 spiro atoms. The van der Waals surface area contributed by atoms with Crippen LogP contribution in [-0.4, -0.2) is 37.1 Å². The lowest BCUT2D eigenvalue weighted by Gasteiger charge is -2.32. The van der Waals surface area contributed by atoms with Crippen molar-refractivity contribution in [2.24, 2.45) is 0 Å². The first-order valence-corrected chi connectivity index (χ1v) is 8.49. The molecule has 1 aromatic rings. The highest BCUT2D eigenvalue weighted by atomic mass is 35.5. The van der Waals surface area contributed by atoms with Gasteiger partial charge in [0.25, 0.3) is 0 Å². The Hall–Kier alpha value is -1.63. The molecule has 1 fully saturated rings. The van der Waals surface area contributed by atoms with Gasteiger partial charge >= 0.3 is 7.12 Å². The zero-order valence-corrected chi connectivity index (χ0v) is 15.9. The molecule has 134 valence electrons. The molecule has 1 aliphatic rings. The predicted octanol–water partition coefficient (Wildman–Crippen LogP) is 3.30. The molecule has 0 aromatic heterocycles. The molecule has 1 aliphatic heterocycles. The summed E-state index contributed by atoms with van der Waals surface area (Å²) in [7, 11) is -0.629. The first kappa shape index (κ1) is 19.7. The summed E-state index contributed by atoms with van der Waals surface area (Å²) in [5, 5.41) is 3.28. The summed E-state index contributed by atoms with van der Waals surface area (Å²) >= 11 is 6.06. The van der Waals surface area contributed by atoms with Crippen LogP contribution in [0.2, 0.25) is 5.02 Å². The third-order valence-electron chi connectivity index (χ3n) is 4.61. The van der Waals surface area contributed by atoms with Crippen molar-refractivity contribution in [2.45, 2.75) is 45.8 Å². The predicted molar refractivity (Wildman–Crippen MR) is 99.6 cm³/mol. The van der Waals surface area contributed by atoms with Crippen LogP contribution in [0.1, 0.15) is 50.5 Å². The number of hydrogen-bond donors (Lipinski definition) is 1. The van der Waals surface area contributed by atoms with Gasteiger partial charge in [-0.3, -0.25) is 9.59 Å². The molecular weight excluding hydrogens is 340 g/mol. The largest absolute Gasteiger partial charge is 0.492 e. The number of nitrogens with one attached hydrogen (secondary N) is 1. The minimum absolute atomic E-state index is 0.163. The van der Waals surface area contributed by atoms with E-state index in [1.165, 1.54) is 6.92 Å². The van der Waals surface area contributed by atoms with Crippen LogP contribution in [0.25, 0.3) is 6.08 Å². The van der Waals surface area contributed by atoms with E-state index in [4.69, 9.17) is 20.9 Å². The number of benzene rings is 1. The molecule has 1 heterocycles. The maximum absolute atomic E-state index is 11.4. The maximum atomic E-state index is 11.4.